The number of nitrogens with zero attached hydrogens (tertiary/aromatic N) is 1. The highest BCUT2D eigenvalue weighted by molar-refractivity contribution is 6.20. The quantitative estimate of drug-likeness (QED) is 0.725. The zero-order valence-electron chi connectivity index (χ0n) is 10.3. The molecule has 0 saturated carbocycles. The van der Waals surface area contributed by atoms with Crippen molar-refractivity contribution in [2.75, 3.05) is 0 Å². The van der Waals surface area contributed by atoms with Crippen LogP contribution < -0.4 is 0 Å². The van der Waals surface area contributed by atoms with Crippen LogP contribution in [0.25, 0.3) is 0 Å². The van der Waals surface area contributed by atoms with Gasteiger partial charge in [0.2, 0.25) is 0 Å². The van der Waals surface area contributed by atoms with E-state index in [1.54, 1.807) is 4.90 Å². The number of halogens is 3. The van der Waals surface area contributed by atoms with Gasteiger partial charge in [0.05, 0.1) is 5.56 Å². The van der Waals surface area contributed by atoms with E-state index in [0.717, 1.165) is 37.8 Å². The van der Waals surface area contributed by atoms with E-state index in [9.17, 15) is 13.6 Å². The SMILES string of the molecule is O=C(c1ccc(F)cc1F)N1C2CCC1CC(Cl)C2. The summed E-state index contributed by atoms with van der Waals surface area (Å²) < 4.78 is 26.6. The summed E-state index contributed by atoms with van der Waals surface area (Å²) >= 11 is 6.15. The number of hydrogen-bond donors (Lipinski definition) is 0. The summed E-state index contributed by atoms with van der Waals surface area (Å²) in [7, 11) is 0. The van der Waals surface area contributed by atoms with E-state index >= 15 is 0 Å². The van der Waals surface area contributed by atoms with Gasteiger partial charge in [0.25, 0.3) is 5.91 Å². The van der Waals surface area contributed by atoms with Crippen LogP contribution in [0.5, 0.6) is 0 Å². The van der Waals surface area contributed by atoms with E-state index in [4.69, 9.17) is 11.6 Å². The van der Waals surface area contributed by atoms with Crippen LogP contribution in [0.4, 0.5) is 8.78 Å². The number of rotatable bonds is 1. The lowest BCUT2D eigenvalue weighted by atomic mass is 10.0. The van der Waals surface area contributed by atoms with Gasteiger partial charge in [0, 0.05) is 23.5 Å². The maximum Gasteiger partial charge on any atom is 0.257 e. The van der Waals surface area contributed by atoms with Crippen LogP contribution in [0, 0.1) is 11.6 Å². The molecule has 0 spiro atoms. The maximum absolute atomic E-state index is 13.7. The molecular weight excluding hydrogens is 272 g/mol. The summed E-state index contributed by atoms with van der Waals surface area (Å²) in [6, 6.07) is 3.28. The third-order valence-corrected chi connectivity index (χ3v) is 4.43. The van der Waals surface area contributed by atoms with Crippen molar-refractivity contribution in [1.82, 2.24) is 4.90 Å². The first-order chi connectivity index (χ1) is 9.06. The Balaban J connectivity index is 1.88. The fourth-order valence-corrected chi connectivity index (χ4v) is 3.66. The van der Waals surface area contributed by atoms with Crippen LogP contribution >= 0.6 is 11.6 Å². The number of amides is 1. The second-order valence-corrected chi connectivity index (χ2v) is 5.91. The molecule has 2 aliphatic heterocycles. The van der Waals surface area contributed by atoms with Crippen LogP contribution in [-0.4, -0.2) is 28.3 Å². The van der Waals surface area contributed by atoms with Crippen LogP contribution in [0.15, 0.2) is 18.2 Å². The minimum absolute atomic E-state index is 0.0497. The minimum atomic E-state index is -0.794. The van der Waals surface area contributed by atoms with E-state index in [-0.39, 0.29) is 28.9 Å². The molecule has 2 fully saturated rings. The molecule has 0 aliphatic carbocycles. The van der Waals surface area contributed by atoms with Gasteiger partial charge in [0.15, 0.2) is 0 Å². The highest BCUT2D eigenvalue weighted by Gasteiger charge is 2.43. The number of benzene rings is 1. The van der Waals surface area contributed by atoms with Crippen molar-refractivity contribution in [3.63, 3.8) is 0 Å². The average Bonchev–Trinajstić information content (AvgIpc) is 2.61. The third-order valence-electron chi connectivity index (χ3n) is 4.07. The number of carbonyl (C=O) groups excluding carboxylic acids is 1. The van der Waals surface area contributed by atoms with Crippen LogP contribution in [-0.2, 0) is 0 Å². The summed E-state index contributed by atoms with van der Waals surface area (Å²) in [5, 5.41) is 0.0969. The van der Waals surface area contributed by atoms with E-state index in [1.807, 2.05) is 0 Å². The Morgan fingerprint density at radius 3 is 2.42 bits per heavy atom. The zero-order chi connectivity index (χ0) is 13.6. The molecule has 2 saturated heterocycles. The Labute approximate surface area is 115 Å². The normalized spacial score (nSPS) is 29.6. The Morgan fingerprint density at radius 1 is 1.21 bits per heavy atom. The lowest BCUT2D eigenvalue weighted by Crippen LogP contribution is -2.47. The molecule has 2 aliphatic rings. The van der Waals surface area contributed by atoms with Crippen molar-refractivity contribution in [3.8, 4) is 0 Å². The zero-order valence-corrected chi connectivity index (χ0v) is 11.0. The highest BCUT2D eigenvalue weighted by Crippen LogP contribution is 2.38. The van der Waals surface area contributed by atoms with Gasteiger partial charge in [-0.15, -0.1) is 11.6 Å². The fraction of sp³-hybridized carbons (Fsp3) is 0.500. The molecule has 3 rings (SSSR count). The Hall–Kier alpha value is -1.16. The van der Waals surface area contributed by atoms with E-state index in [1.165, 1.54) is 6.07 Å². The van der Waals surface area contributed by atoms with Crippen molar-refractivity contribution >= 4 is 17.5 Å². The van der Waals surface area contributed by atoms with Crippen molar-refractivity contribution in [3.05, 3.63) is 35.4 Å². The topological polar surface area (TPSA) is 20.3 Å². The molecule has 5 heteroatoms. The van der Waals surface area contributed by atoms with Gasteiger partial charge >= 0.3 is 0 Å². The molecule has 2 unspecified atom stereocenters. The fourth-order valence-electron chi connectivity index (χ4n) is 3.24. The van der Waals surface area contributed by atoms with Crippen molar-refractivity contribution in [1.29, 1.82) is 0 Å². The van der Waals surface area contributed by atoms with Gasteiger partial charge in [-0.1, -0.05) is 0 Å². The summed E-state index contributed by atoms with van der Waals surface area (Å²) in [6.45, 7) is 0. The molecular formula is C14H14ClF2NO. The Kier molecular flexibility index (Phi) is 3.21. The lowest BCUT2D eigenvalue weighted by Gasteiger charge is -2.37. The molecule has 19 heavy (non-hydrogen) atoms. The predicted molar refractivity (Wildman–Crippen MR) is 68.2 cm³/mol. The predicted octanol–water partition coefficient (Wildman–Crippen LogP) is 3.34. The number of hydrogen-bond acceptors (Lipinski definition) is 1. The first-order valence-electron chi connectivity index (χ1n) is 6.48. The molecule has 1 amide bonds. The third kappa shape index (κ3) is 2.22. The van der Waals surface area contributed by atoms with Crippen molar-refractivity contribution in [2.24, 2.45) is 0 Å². The lowest BCUT2D eigenvalue weighted by molar-refractivity contribution is 0.0594. The molecule has 0 N–H and O–H groups in total. The number of piperidine rings is 1. The monoisotopic (exact) mass is 285 g/mol. The summed E-state index contributed by atoms with van der Waals surface area (Å²) in [5.74, 6) is -1.80. The molecule has 2 nitrogen and oxygen atoms in total. The minimum Gasteiger partial charge on any atom is -0.332 e. The number of carbonyl (C=O) groups is 1. The molecule has 1 aromatic carbocycles. The van der Waals surface area contributed by atoms with Crippen molar-refractivity contribution < 1.29 is 13.6 Å². The van der Waals surface area contributed by atoms with Gasteiger partial charge in [-0.2, -0.15) is 0 Å². The number of fused-ring (bicyclic) bond motifs is 2. The largest absolute Gasteiger partial charge is 0.332 e. The second-order valence-electron chi connectivity index (χ2n) is 5.29. The Morgan fingerprint density at radius 2 is 1.84 bits per heavy atom. The molecule has 0 radical (unpaired) electrons. The molecule has 2 heterocycles. The van der Waals surface area contributed by atoms with Gasteiger partial charge < -0.3 is 4.90 Å². The highest BCUT2D eigenvalue weighted by atomic mass is 35.5. The first-order valence-corrected chi connectivity index (χ1v) is 6.91. The standard InChI is InChI=1S/C14H14ClF2NO/c15-8-5-10-2-3-11(6-8)18(10)14(19)12-4-1-9(16)7-13(12)17/h1,4,7-8,10-11H,2-3,5-6H2. The summed E-state index contributed by atoms with van der Waals surface area (Å²) in [6.07, 6.45) is 3.35. The van der Waals surface area contributed by atoms with E-state index in [0.29, 0.717) is 0 Å². The summed E-state index contributed by atoms with van der Waals surface area (Å²) in [5.41, 5.74) is -0.0497. The van der Waals surface area contributed by atoms with Crippen LogP contribution in [0.2, 0.25) is 0 Å². The Bertz CT molecular complexity index is 508. The van der Waals surface area contributed by atoms with Gasteiger partial charge in [-0.3, -0.25) is 4.79 Å². The smallest absolute Gasteiger partial charge is 0.257 e. The van der Waals surface area contributed by atoms with Gasteiger partial charge in [0.1, 0.15) is 11.6 Å². The van der Waals surface area contributed by atoms with Crippen LogP contribution in [0.1, 0.15) is 36.0 Å². The van der Waals surface area contributed by atoms with E-state index < -0.39 is 11.6 Å². The van der Waals surface area contributed by atoms with E-state index in [2.05, 4.69) is 0 Å². The number of alkyl halides is 1. The van der Waals surface area contributed by atoms with Crippen LogP contribution in [0.3, 0.4) is 0 Å². The first kappa shape index (κ1) is 12.9. The molecule has 2 bridgehead atoms. The maximum atomic E-state index is 13.7. The molecule has 102 valence electrons. The summed E-state index contributed by atoms with van der Waals surface area (Å²) in [4.78, 5) is 14.2. The van der Waals surface area contributed by atoms with Crippen molar-refractivity contribution in [2.45, 2.75) is 43.1 Å². The van der Waals surface area contributed by atoms with Gasteiger partial charge in [-0.25, -0.2) is 8.78 Å². The molecule has 2 atom stereocenters. The molecule has 1 aromatic rings. The second kappa shape index (κ2) is 4.75. The molecule has 0 aromatic heterocycles. The van der Waals surface area contributed by atoms with Gasteiger partial charge in [-0.05, 0) is 37.8 Å². The average molecular weight is 286 g/mol.